The van der Waals surface area contributed by atoms with Crippen molar-refractivity contribution in [1.29, 1.82) is 0 Å². The smallest absolute Gasteiger partial charge is 0.340 e. The van der Waals surface area contributed by atoms with E-state index in [1.54, 1.807) is 31.3 Å². The number of ether oxygens (including phenoxy) is 1. The quantitative estimate of drug-likeness (QED) is 0.846. The van der Waals surface area contributed by atoms with Crippen LogP contribution >= 0.6 is 0 Å². The van der Waals surface area contributed by atoms with Crippen LogP contribution in [-0.2, 0) is 4.74 Å². The molecule has 1 saturated heterocycles. The highest BCUT2D eigenvalue weighted by Gasteiger charge is 2.15. The monoisotopic (exact) mass is 327 g/mol. The molecule has 1 aliphatic rings. The molecule has 0 atom stereocenters. The third kappa shape index (κ3) is 3.79. The van der Waals surface area contributed by atoms with Gasteiger partial charge in [0.05, 0.1) is 24.1 Å². The van der Waals surface area contributed by atoms with Crippen molar-refractivity contribution in [2.24, 2.45) is 0 Å². The summed E-state index contributed by atoms with van der Waals surface area (Å²) in [7, 11) is 0. The van der Waals surface area contributed by atoms with Gasteiger partial charge in [-0.25, -0.2) is 4.79 Å². The third-order valence-electron chi connectivity index (χ3n) is 3.90. The fourth-order valence-corrected chi connectivity index (χ4v) is 2.72. The molecule has 1 aromatic carbocycles. The fraction of sp³-hybridized carbons (Fsp3) is 0.412. The van der Waals surface area contributed by atoms with E-state index in [1.165, 1.54) is 19.3 Å². The number of para-hydroxylation sites is 1. The first-order chi connectivity index (χ1) is 11.8. The van der Waals surface area contributed by atoms with Gasteiger partial charge in [-0.2, -0.15) is 10.1 Å². The number of rotatable bonds is 5. The van der Waals surface area contributed by atoms with E-state index in [-0.39, 0.29) is 5.97 Å². The molecular weight excluding hydrogens is 306 g/mol. The SMILES string of the molecule is CCOC(=O)c1ccccc1Nc1nncc(N2CCCCC2)n1. The highest BCUT2D eigenvalue weighted by atomic mass is 16.5. The van der Waals surface area contributed by atoms with Gasteiger partial charge in [0.2, 0.25) is 5.95 Å². The summed E-state index contributed by atoms with van der Waals surface area (Å²) < 4.78 is 5.08. The van der Waals surface area contributed by atoms with Gasteiger partial charge in [0.25, 0.3) is 0 Å². The van der Waals surface area contributed by atoms with Crippen LogP contribution in [0.5, 0.6) is 0 Å². The van der Waals surface area contributed by atoms with E-state index >= 15 is 0 Å². The lowest BCUT2D eigenvalue weighted by Gasteiger charge is -2.27. The highest BCUT2D eigenvalue weighted by molar-refractivity contribution is 5.96. The first-order valence-corrected chi connectivity index (χ1v) is 8.26. The maximum absolute atomic E-state index is 12.0. The Bertz CT molecular complexity index is 701. The Hall–Kier alpha value is -2.70. The fourth-order valence-electron chi connectivity index (χ4n) is 2.72. The minimum absolute atomic E-state index is 0.329. The van der Waals surface area contributed by atoms with Gasteiger partial charge in [-0.05, 0) is 38.3 Å². The van der Waals surface area contributed by atoms with Crippen LogP contribution in [-0.4, -0.2) is 40.8 Å². The number of hydrogen-bond donors (Lipinski definition) is 1. The number of nitrogens with one attached hydrogen (secondary N) is 1. The zero-order valence-electron chi connectivity index (χ0n) is 13.7. The Morgan fingerprint density at radius 3 is 2.83 bits per heavy atom. The molecule has 0 aliphatic carbocycles. The van der Waals surface area contributed by atoms with Gasteiger partial charge >= 0.3 is 5.97 Å². The number of hydrogen-bond acceptors (Lipinski definition) is 7. The maximum atomic E-state index is 12.0. The van der Waals surface area contributed by atoms with Crippen LogP contribution in [0, 0.1) is 0 Å². The summed E-state index contributed by atoms with van der Waals surface area (Å²) in [4.78, 5) is 18.8. The Labute approximate surface area is 141 Å². The number of nitrogens with zero attached hydrogens (tertiary/aromatic N) is 4. The maximum Gasteiger partial charge on any atom is 0.340 e. The molecule has 2 aromatic rings. The van der Waals surface area contributed by atoms with Crippen molar-refractivity contribution in [2.45, 2.75) is 26.2 Å². The second kappa shape index (κ2) is 7.72. The van der Waals surface area contributed by atoms with Crippen LogP contribution in [0.15, 0.2) is 30.5 Å². The molecule has 24 heavy (non-hydrogen) atoms. The summed E-state index contributed by atoms with van der Waals surface area (Å²) in [5.41, 5.74) is 1.06. The molecule has 1 aromatic heterocycles. The molecule has 0 radical (unpaired) electrons. The van der Waals surface area contributed by atoms with Crippen LogP contribution in [0.2, 0.25) is 0 Å². The molecule has 0 bridgehead atoms. The Morgan fingerprint density at radius 1 is 1.25 bits per heavy atom. The molecule has 126 valence electrons. The van der Waals surface area contributed by atoms with E-state index < -0.39 is 0 Å². The van der Waals surface area contributed by atoms with Gasteiger partial charge in [0, 0.05) is 13.1 Å². The van der Waals surface area contributed by atoms with Crippen LogP contribution < -0.4 is 10.2 Å². The summed E-state index contributed by atoms with van der Waals surface area (Å²) in [6.07, 6.45) is 5.26. The van der Waals surface area contributed by atoms with E-state index in [0.717, 1.165) is 18.9 Å². The lowest BCUT2D eigenvalue weighted by molar-refractivity contribution is 0.0527. The number of carbonyl (C=O) groups excluding carboxylic acids is 1. The van der Waals surface area contributed by atoms with Crippen LogP contribution in [0.3, 0.4) is 0 Å². The lowest BCUT2D eigenvalue weighted by Crippen LogP contribution is -2.30. The zero-order chi connectivity index (χ0) is 16.8. The first-order valence-electron chi connectivity index (χ1n) is 8.26. The van der Waals surface area contributed by atoms with Crippen LogP contribution in [0.25, 0.3) is 0 Å². The highest BCUT2D eigenvalue weighted by Crippen LogP contribution is 2.21. The van der Waals surface area contributed by atoms with E-state index in [2.05, 4.69) is 25.4 Å². The molecule has 1 N–H and O–H groups in total. The van der Waals surface area contributed by atoms with Crippen molar-refractivity contribution < 1.29 is 9.53 Å². The largest absolute Gasteiger partial charge is 0.462 e. The van der Waals surface area contributed by atoms with Crippen molar-refractivity contribution in [3.05, 3.63) is 36.0 Å². The summed E-state index contributed by atoms with van der Waals surface area (Å²) in [6.45, 7) is 4.08. The van der Waals surface area contributed by atoms with Gasteiger partial charge in [-0.3, -0.25) is 0 Å². The minimum atomic E-state index is -0.374. The van der Waals surface area contributed by atoms with Gasteiger partial charge < -0.3 is 15.0 Å². The van der Waals surface area contributed by atoms with E-state index in [4.69, 9.17) is 4.74 Å². The lowest BCUT2D eigenvalue weighted by atomic mass is 10.1. The van der Waals surface area contributed by atoms with Crippen molar-refractivity contribution in [3.8, 4) is 0 Å². The Balaban J connectivity index is 1.80. The standard InChI is InChI=1S/C17H21N5O2/c1-2-24-16(23)13-8-4-5-9-14(13)19-17-20-15(12-18-21-17)22-10-6-3-7-11-22/h4-5,8-9,12H,2-3,6-7,10-11H2,1H3,(H,19,20,21). The number of aromatic nitrogens is 3. The van der Waals surface area contributed by atoms with Gasteiger partial charge in [-0.1, -0.05) is 12.1 Å². The normalized spacial score (nSPS) is 14.3. The van der Waals surface area contributed by atoms with E-state index in [0.29, 0.717) is 23.8 Å². The number of anilines is 3. The number of carbonyl (C=O) groups is 1. The van der Waals surface area contributed by atoms with Crippen molar-refractivity contribution in [1.82, 2.24) is 15.2 Å². The first kappa shape index (κ1) is 16.2. The van der Waals surface area contributed by atoms with E-state index in [9.17, 15) is 4.79 Å². The molecule has 0 unspecified atom stereocenters. The van der Waals surface area contributed by atoms with Crippen LogP contribution in [0.4, 0.5) is 17.5 Å². The minimum Gasteiger partial charge on any atom is -0.462 e. The molecule has 1 aliphatic heterocycles. The molecule has 7 heteroatoms. The molecule has 2 heterocycles. The molecule has 1 fully saturated rings. The van der Waals surface area contributed by atoms with Gasteiger partial charge in [-0.15, -0.1) is 5.10 Å². The number of esters is 1. The average Bonchev–Trinajstić information content (AvgIpc) is 2.63. The Kier molecular flexibility index (Phi) is 5.20. The van der Waals surface area contributed by atoms with Crippen molar-refractivity contribution in [3.63, 3.8) is 0 Å². The number of piperidine rings is 1. The summed E-state index contributed by atoms with van der Waals surface area (Å²) in [6, 6.07) is 7.14. The summed E-state index contributed by atoms with van der Waals surface area (Å²) in [5.74, 6) is 0.802. The molecule has 0 saturated carbocycles. The van der Waals surface area contributed by atoms with Crippen molar-refractivity contribution >= 4 is 23.4 Å². The summed E-state index contributed by atoms with van der Waals surface area (Å²) >= 11 is 0. The van der Waals surface area contributed by atoms with Gasteiger partial charge in [0.15, 0.2) is 5.82 Å². The predicted molar refractivity (Wildman–Crippen MR) is 91.6 cm³/mol. The molecule has 7 nitrogen and oxygen atoms in total. The molecular formula is C17H21N5O2. The summed E-state index contributed by atoms with van der Waals surface area (Å²) in [5, 5.41) is 11.1. The topological polar surface area (TPSA) is 80.2 Å². The molecule has 0 amide bonds. The second-order valence-corrected chi connectivity index (χ2v) is 5.58. The molecule has 0 spiro atoms. The predicted octanol–water partition coefficient (Wildman–Crippen LogP) is 2.78. The van der Waals surface area contributed by atoms with Crippen molar-refractivity contribution in [2.75, 3.05) is 29.9 Å². The Morgan fingerprint density at radius 2 is 2.04 bits per heavy atom. The average molecular weight is 327 g/mol. The third-order valence-corrected chi connectivity index (χ3v) is 3.90. The molecule has 3 rings (SSSR count). The van der Waals surface area contributed by atoms with Crippen LogP contribution in [0.1, 0.15) is 36.5 Å². The number of benzene rings is 1. The second-order valence-electron chi connectivity index (χ2n) is 5.58. The van der Waals surface area contributed by atoms with E-state index in [1.807, 2.05) is 6.07 Å². The zero-order valence-corrected chi connectivity index (χ0v) is 13.7. The van der Waals surface area contributed by atoms with Gasteiger partial charge in [0.1, 0.15) is 0 Å².